The molecule has 8 heteroatoms. The van der Waals surface area contributed by atoms with Crippen molar-refractivity contribution in [1.29, 1.82) is 5.26 Å². The van der Waals surface area contributed by atoms with Gasteiger partial charge in [0.2, 0.25) is 5.03 Å². The number of halogens is 1. The van der Waals surface area contributed by atoms with E-state index in [0.29, 0.717) is 5.69 Å². The number of aryl methyl sites for hydroxylation is 1. The fraction of sp³-hybridized carbons (Fsp3) is 0.167. The molecule has 0 aliphatic heterocycles. The van der Waals surface area contributed by atoms with Crippen LogP contribution in [0.15, 0.2) is 35.6 Å². The van der Waals surface area contributed by atoms with Gasteiger partial charge in [0.15, 0.2) is 0 Å². The molecule has 0 saturated carbocycles. The van der Waals surface area contributed by atoms with E-state index in [1.165, 1.54) is 10.9 Å². The van der Waals surface area contributed by atoms with Crippen molar-refractivity contribution >= 4 is 27.3 Å². The smallest absolute Gasteiger partial charge is 0.282 e. The first-order valence-electron chi connectivity index (χ1n) is 5.59. The Morgan fingerprint density at radius 3 is 2.55 bits per heavy atom. The molecule has 1 heterocycles. The van der Waals surface area contributed by atoms with E-state index in [2.05, 4.69) is 9.71 Å². The highest BCUT2D eigenvalue weighted by molar-refractivity contribution is 7.92. The molecule has 20 heavy (non-hydrogen) atoms. The van der Waals surface area contributed by atoms with E-state index in [4.69, 9.17) is 16.9 Å². The molecule has 104 valence electrons. The summed E-state index contributed by atoms with van der Waals surface area (Å²) in [5, 5.41) is 8.39. The lowest BCUT2D eigenvalue weighted by Gasteiger charge is -2.06. The molecule has 0 aliphatic rings. The number of sulfonamides is 1. The second-order valence-corrected chi connectivity index (χ2v) is 6.04. The third-order valence-electron chi connectivity index (χ3n) is 2.58. The Kier molecular flexibility index (Phi) is 3.97. The highest BCUT2D eigenvalue weighted by atomic mass is 35.5. The number of imidazole rings is 1. The predicted molar refractivity (Wildman–Crippen MR) is 74.8 cm³/mol. The number of hydrogen-bond acceptors (Lipinski definition) is 4. The first-order chi connectivity index (χ1) is 9.44. The fourth-order valence-electron chi connectivity index (χ4n) is 1.56. The molecule has 0 bridgehead atoms. The number of nitrogens with one attached hydrogen (secondary N) is 1. The van der Waals surface area contributed by atoms with Crippen molar-refractivity contribution in [3.63, 3.8) is 0 Å². The van der Waals surface area contributed by atoms with Gasteiger partial charge in [-0.05, 0) is 17.7 Å². The van der Waals surface area contributed by atoms with E-state index in [-0.39, 0.29) is 16.6 Å². The number of benzene rings is 1. The van der Waals surface area contributed by atoms with Crippen LogP contribution in [0.1, 0.15) is 5.56 Å². The third kappa shape index (κ3) is 2.92. The van der Waals surface area contributed by atoms with Crippen LogP contribution in [-0.4, -0.2) is 18.0 Å². The molecule has 0 aliphatic carbocycles. The zero-order valence-corrected chi connectivity index (χ0v) is 12.1. The highest BCUT2D eigenvalue weighted by Gasteiger charge is 2.22. The maximum atomic E-state index is 12.1. The Hall–Kier alpha value is -2.04. The lowest BCUT2D eigenvalue weighted by atomic mass is 10.1. The van der Waals surface area contributed by atoms with Crippen LogP contribution in [0.3, 0.4) is 0 Å². The number of nitrogens with zero attached hydrogens (tertiary/aromatic N) is 3. The van der Waals surface area contributed by atoms with Gasteiger partial charge in [0.25, 0.3) is 10.0 Å². The number of nitriles is 1. The fourth-order valence-corrected chi connectivity index (χ4v) is 3.05. The molecule has 1 N–H and O–H groups in total. The Morgan fingerprint density at radius 2 is 2.05 bits per heavy atom. The van der Waals surface area contributed by atoms with Crippen molar-refractivity contribution in [3.05, 3.63) is 41.3 Å². The quantitative estimate of drug-likeness (QED) is 0.934. The van der Waals surface area contributed by atoms with Crippen LogP contribution in [0.4, 0.5) is 5.69 Å². The number of aromatic nitrogens is 2. The van der Waals surface area contributed by atoms with Crippen molar-refractivity contribution < 1.29 is 8.42 Å². The minimum absolute atomic E-state index is 0.0404. The lowest BCUT2D eigenvalue weighted by Crippen LogP contribution is -2.14. The number of hydrogen-bond donors (Lipinski definition) is 1. The van der Waals surface area contributed by atoms with E-state index in [9.17, 15) is 8.42 Å². The summed E-state index contributed by atoms with van der Waals surface area (Å²) < 4.78 is 28.0. The van der Waals surface area contributed by atoms with Gasteiger partial charge in [0.1, 0.15) is 5.15 Å². The van der Waals surface area contributed by atoms with Gasteiger partial charge >= 0.3 is 0 Å². The van der Waals surface area contributed by atoms with E-state index in [1.54, 1.807) is 31.3 Å². The molecular formula is C12H11ClN4O2S. The van der Waals surface area contributed by atoms with Crippen LogP contribution in [0.5, 0.6) is 0 Å². The van der Waals surface area contributed by atoms with Crippen LogP contribution in [-0.2, 0) is 23.5 Å². The Bertz CT molecular complexity index is 760. The minimum atomic E-state index is -3.83. The average molecular weight is 311 g/mol. The molecule has 2 rings (SSSR count). The molecule has 0 spiro atoms. The van der Waals surface area contributed by atoms with E-state index in [1.807, 2.05) is 6.07 Å². The van der Waals surface area contributed by atoms with Gasteiger partial charge in [-0.15, -0.1) is 0 Å². The first-order valence-corrected chi connectivity index (χ1v) is 7.45. The van der Waals surface area contributed by atoms with Crippen molar-refractivity contribution in [3.8, 4) is 6.07 Å². The molecule has 6 nitrogen and oxygen atoms in total. The standard InChI is InChI=1S/C12H11ClN4O2S/c1-17-8-15-12(11(17)13)20(18,19)16-10-4-2-9(3-5-10)6-7-14/h2-5,8,16H,6H2,1H3. The molecule has 2 aromatic rings. The number of rotatable bonds is 4. The first kappa shape index (κ1) is 14.4. The molecule has 0 atom stereocenters. The van der Waals surface area contributed by atoms with Crippen molar-refractivity contribution in [2.45, 2.75) is 11.4 Å². The summed E-state index contributed by atoms with van der Waals surface area (Å²) in [4.78, 5) is 3.77. The molecule has 0 saturated heterocycles. The maximum Gasteiger partial charge on any atom is 0.282 e. The van der Waals surface area contributed by atoms with Crippen molar-refractivity contribution in [2.24, 2.45) is 7.05 Å². The van der Waals surface area contributed by atoms with Gasteiger partial charge in [-0.3, -0.25) is 4.72 Å². The number of anilines is 1. The van der Waals surface area contributed by atoms with Gasteiger partial charge in [-0.1, -0.05) is 23.7 Å². The summed E-state index contributed by atoms with van der Waals surface area (Å²) in [6.45, 7) is 0. The molecule has 0 amide bonds. The SMILES string of the molecule is Cn1cnc(S(=O)(=O)Nc2ccc(CC#N)cc2)c1Cl. The lowest BCUT2D eigenvalue weighted by molar-refractivity contribution is 0.598. The van der Waals surface area contributed by atoms with Crippen LogP contribution in [0.25, 0.3) is 0 Å². The summed E-state index contributed by atoms with van der Waals surface area (Å²) in [6, 6.07) is 8.55. The van der Waals surface area contributed by atoms with Gasteiger partial charge in [0.05, 0.1) is 18.8 Å². The van der Waals surface area contributed by atoms with E-state index in [0.717, 1.165) is 5.56 Å². The van der Waals surface area contributed by atoms with Crippen LogP contribution in [0.2, 0.25) is 5.15 Å². The second kappa shape index (κ2) is 5.53. The minimum Gasteiger partial charge on any atom is -0.324 e. The summed E-state index contributed by atoms with van der Waals surface area (Å²) in [5.41, 5.74) is 1.19. The van der Waals surface area contributed by atoms with Gasteiger partial charge < -0.3 is 4.57 Å². The predicted octanol–water partition coefficient (Wildman–Crippen LogP) is 1.94. The normalized spacial score (nSPS) is 11.1. The van der Waals surface area contributed by atoms with Gasteiger partial charge in [-0.2, -0.15) is 13.7 Å². The largest absolute Gasteiger partial charge is 0.324 e. The summed E-state index contributed by atoms with van der Waals surface area (Å²) >= 11 is 5.87. The van der Waals surface area contributed by atoms with Crippen LogP contribution in [0, 0.1) is 11.3 Å². The van der Waals surface area contributed by atoms with Crippen LogP contribution >= 0.6 is 11.6 Å². The topological polar surface area (TPSA) is 87.8 Å². The molecular weight excluding hydrogens is 300 g/mol. The van der Waals surface area contributed by atoms with Gasteiger partial charge in [-0.25, -0.2) is 4.98 Å². The molecule has 0 fully saturated rings. The Balaban J connectivity index is 2.25. The zero-order valence-electron chi connectivity index (χ0n) is 10.5. The molecule has 1 aromatic carbocycles. The van der Waals surface area contributed by atoms with E-state index >= 15 is 0 Å². The van der Waals surface area contributed by atoms with Crippen molar-refractivity contribution in [2.75, 3.05) is 4.72 Å². The average Bonchev–Trinajstić information content (AvgIpc) is 2.73. The van der Waals surface area contributed by atoms with Gasteiger partial charge in [0, 0.05) is 12.7 Å². The highest BCUT2D eigenvalue weighted by Crippen LogP contribution is 2.21. The van der Waals surface area contributed by atoms with Crippen molar-refractivity contribution in [1.82, 2.24) is 9.55 Å². The summed E-state index contributed by atoms with van der Waals surface area (Å²) in [6.07, 6.45) is 1.60. The van der Waals surface area contributed by atoms with E-state index < -0.39 is 10.0 Å². The maximum absolute atomic E-state index is 12.1. The summed E-state index contributed by atoms with van der Waals surface area (Å²) in [5.74, 6) is 0. The molecule has 0 radical (unpaired) electrons. The monoisotopic (exact) mass is 310 g/mol. The second-order valence-electron chi connectivity index (χ2n) is 4.09. The molecule has 0 unspecified atom stereocenters. The molecule has 1 aromatic heterocycles. The third-order valence-corrected chi connectivity index (χ3v) is 4.45. The Morgan fingerprint density at radius 1 is 1.40 bits per heavy atom. The Labute approximate surface area is 121 Å². The zero-order chi connectivity index (χ0) is 14.8. The van der Waals surface area contributed by atoms with Crippen LogP contribution < -0.4 is 4.72 Å². The summed E-state index contributed by atoms with van der Waals surface area (Å²) in [7, 11) is -2.22.